The van der Waals surface area contributed by atoms with Crippen LogP contribution >= 0.6 is 0 Å². The molecule has 0 saturated heterocycles. The molecular weight excluding hydrogens is 973 g/mol. The summed E-state index contributed by atoms with van der Waals surface area (Å²) in [5.41, 5.74) is 0. The van der Waals surface area contributed by atoms with E-state index in [4.69, 9.17) is 14.2 Å². The summed E-state index contributed by atoms with van der Waals surface area (Å²) in [6.07, 6.45) is 90.2. The van der Waals surface area contributed by atoms with Crippen molar-refractivity contribution in [1.29, 1.82) is 0 Å². The van der Waals surface area contributed by atoms with E-state index in [0.29, 0.717) is 19.3 Å². The first-order valence-corrected chi connectivity index (χ1v) is 33.7. The van der Waals surface area contributed by atoms with Crippen LogP contribution in [0.5, 0.6) is 0 Å². The van der Waals surface area contributed by atoms with Crippen molar-refractivity contribution in [3.8, 4) is 0 Å². The van der Waals surface area contributed by atoms with Crippen LogP contribution in [-0.2, 0) is 28.6 Å². The number of esters is 3. The van der Waals surface area contributed by atoms with Crippen LogP contribution in [0.1, 0.15) is 329 Å². The summed E-state index contributed by atoms with van der Waals surface area (Å²) < 4.78 is 16.9. The van der Waals surface area contributed by atoms with Crippen molar-refractivity contribution in [2.75, 3.05) is 13.2 Å². The largest absolute Gasteiger partial charge is 0.462 e. The van der Waals surface area contributed by atoms with Crippen LogP contribution in [-0.4, -0.2) is 37.2 Å². The van der Waals surface area contributed by atoms with Crippen molar-refractivity contribution in [2.24, 2.45) is 0 Å². The second-order valence-electron chi connectivity index (χ2n) is 22.3. The minimum absolute atomic E-state index is 0.101. The average Bonchev–Trinajstić information content (AvgIpc) is 3.45. The lowest BCUT2D eigenvalue weighted by Gasteiger charge is -2.18. The topological polar surface area (TPSA) is 78.9 Å². The highest BCUT2D eigenvalue weighted by molar-refractivity contribution is 5.71. The van der Waals surface area contributed by atoms with Gasteiger partial charge in [-0.1, -0.05) is 291 Å². The molecule has 1 atom stereocenters. The van der Waals surface area contributed by atoms with E-state index in [1.807, 2.05) is 0 Å². The first-order valence-electron chi connectivity index (χ1n) is 33.7. The van der Waals surface area contributed by atoms with Gasteiger partial charge in [0.1, 0.15) is 13.2 Å². The molecule has 0 aromatic rings. The molecule has 0 bridgehead atoms. The molecule has 0 aromatic heterocycles. The molecule has 0 heterocycles. The SMILES string of the molecule is CC/C=C\C/C=C\C/C=C\C/C=C\C/C=C\CCCC(=O)OC(COC(=O)CCCCCCC/C=C\CCCCCC)COC(=O)CCCCCCCCCCCCCCCCCCCCC/C=C\C/C=C\CCCCCCC. The van der Waals surface area contributed by atoms with E-state index in [-0.39, 0.29) is 37.5 Å². The van der Waals surface area contributed by atoms with Crippen molar-refractivity contribution < 1.29 is 28.6 Å². The van der Waals surface area contributed by atoms with Crippen LogP contribution in [0.2, 0.25) is 0 Å². The number of allylic oxidation sites excluding steroid dienone is 16. The highest BCUT2D eigenvalue weighted by Crippen LogP contribution is 2.17. The molecule has 0 radical (unpaired) electrons. The number of hydrogen-bond donors (Lipinski definition) is 0. The van der Waals surface area contributed by atoms with Gasteiger partial charge >= 0.3 is 17.9 Å². The van der Waals surface area contributed by atoms with E-state index in [0.717, 1.165) is 96.3 Å². The highest BCUT2D eigenvalue weighted by atomic mass is 16.6. The molecule has 6 heteroatoms. The van der Waals surface area contributed by atoms with Crippen molar-refractivity contribution >= 4 is 17.9 Å². The zero-order valence-corrected chi connectivity index (χ0v) is 52.1. The van der Waals surface area contributed by atoms with Gasteiger partial charge in [0.05, 0.1) is 0 Å². The maximum atomic E-state index is 12.9. The molecule has 0 aliphatic rings. The number of carbonyl (C=O) groups is 3. The fraction of sp³-hybridized carbons (Fsp3) is 0.740. The van der Waals surface area contributed by atoms with Gasteiger partial charge in [0.15, 0.2) is 6.10 Å². The maximum absolute atomic E-state index is 12.9. The van der Waals surface area contributed by atoms with Crippen LogP contribution in [0, 0.1) is 0 Å². The van der Waals surface area contributed by atoms with Gasteiger partial charge in [-0.15, -0.1) is 0 Å². The Kier molecular flexibility index (Phi) is 63.7. The molecule has 1 unspecified atom stereocenters. The van der Waals surface area contributed by atoms with Crippen LogP contribution in [0.15, 0.2) is 97.2 Å². The summed E-state index contributed by atoms with van der Waals surface area (Å²) in [6, 6.07) is 0. The summed E-state index contributed by atoms with van der Waals surface area (Å²) in [6.45, 7) is 6.47. The highest BCUT2D eigenvalue weighted by Gasteiger charge is 2.19. The number of carbonyl (C=O) groups excluding carboxylic acids is 3. The zero-order valence-electron chi connectivity index (χ0n) is 52.1. The van der Waals surface area contributed by atoms with Crippen LogP contribution in [0.25, 0.3) is 0 Å². The van der Waals surface area contributed by atoms with Gasteiger partial charge in [0.25, 0.3) is 0 Å². The zero-order chi connectivity index (χ0) is 57.1. The Labute approximate surface area is 489 Å². The van der Waals surface area contributed by atoms with Crippen molar-refractivity contribution in [2.45, 2.75) is 335 Å². The molecule has 0 rings (SSSR count). The molecule has 0 aliphatic carbocycles. The smallest absolute Gasteiger partial charge is 0.306 e. The Hall–Kier alpha value is -3.67. The van der Waals surface area contributed by atoms with E-state index in [1.54, 1.807) is 0 Å². The molecule has 454 valence electrons. The molecule has 0 amide bonds. The molecule has 0 aliphatic heterocycles. The summed E-state index contributed by atoms with van der Waals surface area (Å²) in [7, 11) is 0. The lowest BCUT2D eigenvalue weighted by atomic mass is 10.0. The lowest BCUT2D eigenvalue weighted by Crippen LogP contribution is -2.30. The van der Waals surface area contributed by atoms with Crippen molar-refractivity contribution in [3.05, 3.63) is 97.2 Å². The second-order valence-corrected chi connectivity index (χ2v) is 22.3. The van der Waals surface area contributed by atoms with E-state index in [2.05, 4.69) is 118 Å². The van der Waals surface area contributed by atoms with Crippen LogP contribution in [0.3, 0.4) is 0 Å². The van der Waals surface area contributed by atoms with Gasteiger partial charge in [-0.05, 0) is 116 Å². The van der Waals surface area contributed by atoms with E-state index in [1.165, 1.54) is 186 Å². The molecule has 6 nitrogen and oxygen atoms in total. The average molecular weight is 1100 g/mol. The third-order valence-electron chi connectivity index (χ3n) is 14.5. The fourth-order valence-corrected chi connectivity index (χ4v) is 9.51. The summed E-state index contributed by atoms with van der Waals surface area (Å²) in [4.78, 5) is 38.3. The van der Waals surface area contributed by atoms with Gasteiger partial charge in [0, 0.05) is 19.3 Å². The summed E-state index contributed by atoms with van der Waals surface area (Å²) in [5.74, 6) is -0.958. The Morgan fingerprint density at radius 3 is 0.835 bits per heavy atom. The Morgan fingerprint density at radius 1 is 0.266 bits per heavy atom. The van der Waals surface area contributed by atoms with E-state index >= 15 is 0 Å². The number of ether oxygens (including phenoxy) is 3. The minimum Gasteiger partial charge on any atom is -0.462 e. The van der Waals surface area contributed by atoms with Crippen molar-refractivity contribution in [3.63, 3.8) is 0 Å². The molecule has 0 fully saturated rings. The number of hydrogen-bond acceptors (Lipinski definition) is 6. The van der Waals surface area contributed by atoms with Gasteiger partial charge in [-0.3, -0.25) is 14.4 Å². The van der Waals surface area contributed by atoms with Gasteiger partial charge in [-0.25, -0.2) is 0 Å². The molecular formula is C73H126O6. The summed E-state index contributed by atoms with van der Waals surface area (Å²) >= 11 is 0. The number of rotatable bonds is 61. The van der Waals surface area contributed by atoms with Gasteiger partial charge in [-0.2, -0.15) is 0 Å². The first kappa shape index (κ1) is 75.3. The molecule has 0 N–H and O–H groups in total. The fourth-order valence-electron chi connectivity index (χ4n) is 9.51. The Balaban J connectivity index is 4.23. The van der Waals surface area contributed by atoms with E-state index < -0.39 is 6.10 Å². The van der Waals surface area contributed by atoms with Crippen molar-refractivity contribution in [1.82, 2.24) is 0 Å². The monoisotopic (exact) mass is 1100 g/mol. The molecule has 0 spiro atoms. The summed E-state index contributed by atoms with van der Waals surface area (Å²) in [5, 5.41) is 0. The predicted octanol–water partition coefficient (Wildman–Crippen LogP) is 23.2. The maximum Gasteiger partial charge on any atom is 0.306 e. The van der Waals surface area contributed by atoms with Crippen LogP contribution in [0.4, 0.5) is 0 Å². The first-order chi connectivity index (χ1) is 39.0. The van der Waals surface area contributed by atoms with Gasteiger partial charge in [0.2, 0.25) is 0 Å². The Bertz CT molecular complexity index is 1540. The third kappa shape index (κ3) is 65.0. The number of unbranched alkanes of at least 4 members (excludes halogenated alkanes) is 34. The second kappa shape index (κ2) is 66.8. The third-order valence-corrected chi connectivity index (χ3v) is 14.5. The minimum atomic E-state index is -0.811. The Morgan fingerprint density at radius 2 is 0.506 bits per heavy atom. The lowest BCUT2D eigenvalue weighted by molar-refractivity contribution is -0.167. The normalized spacial score (nSPS) is 12.7. The standard InChI is InChI=1S/C73H126O6/c1-4-7-10-13-16-19-22-25-27-29-30-31-32-33-34-35-36-37-38-39-40-41-42-44-45-48-51-54-57-60-63-66-72(75)78-69-70(68-77-71(74)65-62-59-56-53-50-47-24-21-18-15-12-9-6-3)79-73(76)67-64-61-58-55-52-49-46-43-28-26-23-20-17-14-11-8-5-2/h8,11,17,20-22,24-26,28-30,46,49,55,58,70H,4-7,9-10,12-16,18-19,23,27,31-45,47-48,50-54,56-57,59-69H2,1-3H3/b11-8-,20-17-,24-21-,25-22-,28-26-,30-29-,49-46-,58-55-. The molecule has 0 saturated carbocycles. The van der Waals surface area contributed by atoms with E-state index in [9.17, 15) is 14.4 Å². The molecule has 79 heavy (non-hydrogen) atoms. The predicted molar refractivity (Wildman–Crippen MR) is 344 cm³/mol. The van der Waals surface area contributed by atoms with Crippen LogP contribution < -0.4 is 0 Å². The quantitative estimate of drug-likeness (QED) is 0.0261. The van der Waals surface area contributed by atoms with Gasteiger partial charge < -0.3 is 14.2 Å². The molecule has 0 aromatic carbocycles.